The number of hydrogen-bond acceptors (Lipinski definition) is 5. The van der Waals surface area contributed by atoms with Gasteiger partial charge in [0, 0.05) is 25.2 Å². The number of aryl methyl sites for hydroxylation is 1. The molecule has 1 aromatic heterocycles. The highest BCUT2D eigenvalue weighted by molar-refractivity contribution is 7.14. The van der Waals surface area contributed by atoms with Crippen molar-refractivity contribution >= 4 is 35.3 Å². The van der Waals surface area contributed by atoms with Crippen LogP contribution in [0.1, 0.15) is 27.4 Å². The first kappa shape index (κ1) is 15.9. The minimum atomic E-state index is -0.451. The maximum atomic E-state index is 12.3. The summed E-state index contributed by atoms with van der Waals surface area (Å²) in [7, 11) is 0. The number of nitrogens with zero attached hydrogens (tertiary/aromatic N) is 2. The monoisotopic (exact) mass is 305 g/mol. The predicted molar refractivity (Wildman–Crippen MR) is 76.1 cm³/mol. The van der Waals surface area contributed by atoms with Crippen LogP contribution in [0.25, 0.3) is 0 Å². The average Bonchev–Trinajstić information content (AvgIpc) is 2.93. The van der Waals surface area contributed by atoms with Gasteiger partial charge < -0.3 is 10.6 Å². The molecule has 1 aliphatic heterocycles. The second-order valence-electron chi connectivity index (χ2n) is 4.34. The third-order valence-corrected chi connectivity index (χ3v) is 4.24. The second kappa shape index (κ2) is 6.31. The molecule has 8 heteroatoms. The van der Waals surface area contributed by atoms with Gasteiger partial charge in [-0.05, 0) is 19.8 Å². The van der Waals surface area contributed by atoms with E-state index in [0.29, 0.717) is 22.8 Å². The fourth-order valence-electron chi connectivity index (χ4n) is 2.25. The summed E-state index contributed by atoms with van der Waals surface area (Å²) in [5.41, 5.74) is 5.64. The molecule has 2 N–H and O–H groups in total. The minimum Gasteiger partial charge on any atom is -0.334 e. The molecular formula is C11H16ClN3O3S. The van der Waals surface area contributed by atoms with E-state index in [0.717, 1.165) is 12.8 Å². The van der Waals surface area contributed by atoms with Gasteiger partial charge in [-0.3, -0.25) is 14.9 Å². The van der Waals surface area contributed by atoms with Crippen molar-refractivity contribution in [2.45, 2.75) is 25.8 Å². The molecule has 0 spiro atoms. The Hall–Kier alpha value is -1.18. The van der Waals surface area contributed by atoms with Gasteiger partial charge in [-0.15, -0.1) is 23.7 Å². The van der Waals surface area contributed by atoms with Crippen molar-refractivity contribution in [1.82, 2.24) is 4.90 Å². The molecule has 19 heavy (non-hydrogen) atoms. The maximum Gasteiger partial charge on any atom is 0.283 e. The largest absolute Gasteiger partial charge is 0.334 e. The summed E-state index contributed by atoms with van der Waals surface area (Å²) in [4.78, 5) is 25.3. The van der Waals surface area contributed by atoms with Crippen LogP contribution in [0.2, 0.25) is 0 Å². The quantitative estimate of drug-likeness (QED) is 0.682. The zero-order chi connectivity index (χ0) is 13.3. The topological polar surface area (TPSA) is 89.5 Å². The van der Waals surface area contributed by atoms with Crippen LogP contribution in [0.3, 0.4) is 0 Å². The molecule has 0 saturated carbocycles. The van der Waals surface area contributed by atoms with Crippen LogP contribution in [0.5, 0.6) is 0 Å². The Morgan fingerprint density at radius 2 is 2.37 bits per heavy atom. The van der Waals surface area contributed by atoms with Gasteiger partial charge in [0.15, 0.2) is 0 Å². The van der Waals surface area contributed by atoms with E-state index in [1.807, 2.05) is 0 Å². The van der Waals surface area contributed by atoms with Gasteiger partial charge in [0.1, 0.15) is 0 Å². The summed E-state index contributed by atoms with van der Waals surface area (Å²) in [5.74, 6) is -0.135. The summed E-state index contributed by atoms with van der Waals surface area (Å²) in [6.07, 6.45) is 1.86. The Morgan fingerprint density at radius 1 is 1.68 bits per heavy atom. The number of carbonyl (C=O) groups is 1. The summed E-state index contributed by atoms with van der Waals surface area (Å²) in [6, 6.07) is 1.44. The second-order valence-corrected chi connectivity index (χ2v) is 5.60. The van der Waals surface area contributed by atoms with Crippen LogP contribution in [0.4, 0.5) is 5.69 Å². The van der Waals surface area contributed by atoms with E-state index in [-0.39, 0.29) is 30.0 Å². The number of amides is 1. The van der Waals surface area contributed by atoms with Crippen molar-refractivity contribution in [2.75, 3.05) is 13.1 Å². The zero-order valence-corrected chi connectivity index (χ0v) is 12.1. The molecule has 2 rings (SSSR count). The van der Waals surface area contributed by atoms with Gasteiger partial charge in [-0.1, -0.05) is 0 Å². The summed E-state index contributed by atoms with van der Waals surface area (Å²) < 4.78 is 0. The SMILES string of the molecule is Cc1sc(C(=O)N2CCCC2CN)cc1[N+](=O)[O-].Cl. The first-order valence-electron chi connectivity index (χ1n) is 5.80. The Balaban J connectivity index is 0.00000180. The van der Waals surface area contributed by atoms with Gasteiger partial charge in [0.05, 0.1) is 14.7 Å². The lowest BCUT2D eigenvalue weighted by Crippen LogP contribution is -2.39. The lowest BCUT2D eigenvalue weighted by Gasteiger charge is -2.22. The molecular weight excluding hydrogens is 290 g/mol. The van der Waals surface area contributed by atoms with Gasteiger partial charge in [0.25, 0.3) is 11.6 Å². The van der Waals surface area contributed by atoms with Crippen LogP contribution < -0.4 is 5.73 Å². The molecule has 1 atom stereocenters. The molecule has 1 aliphatic rings. The highest BCUT2D eigenvalue weighted by atomic mass is 35.5. The molecule has 0 bridgehead atoms. The van der Waals surface area contributed by atoms with E-state index in [4.69, 9.17) is 5.73 Å². The number of hydrogen-bond donors (Lipinski definition) is 1. The summed E-state index contributed by atoms with van der Waals surface area (Å²) >= 11 is 1.18. The molecule has 1 amide bonds. The fraction of sp³-hybridized carbons (Fsp3) is 0.545. The smallest absolute Gasteiger partial charge is 0.283 e. The van der Waals surface area contributed by atoms with Crippen LogP contribution in [0, 0.1) is 17.0 Å². The third kappa shape index (κ3) is 3.05. The van der Waals surface area contributed by atoms with E-state index >= 15 is 0 Å². The van der Waals surface area contributed by atoms with Crippen LogP contribution in [-0.2, 0) is 0 Å². The van der Waals surface area contributed by atoms with Crippen LogP contribution in [0.15, 0.2) is 6.07 Å². The van der Waals surface area contributed by atoms with E-state index in [2.05, 4.69) is 0 Å². The first-order valence-corrected chi connectivity index (χ1v) is 6.62. The Kier molecular flexibility index (Phi) is 5.28. The molecule has 0 radical (unpaired) electrons. The number of thiophene rings is 1. The van der Waals surface area contributed by atoms with Gasteiger partial charge in [0.2, 0.25) is 0 Å². The molecule has 6 nitrogen and oxygen atoms in total. The fourth-order valence-corrected chi connectivity index (χ4v) is 3.19. The van der Waals surface area contributed by atoms with E-state index in [9.17, 15) is 14.9 Å². The molecule has 1 aromatic rings. The van der Waals surface area contributed by atoms with Crippen LogP contribution >= 0.6 is 23.7 Å². The summed E-state index contributed by atoms with van der Waals surface area (Å²) in [6.45, 7) is 2.79. The van der Waals surface area contributed by atoms with Gasteiger partial charge >= 0.3 is 0 Å². The van der Waals surface area contributed by atoms with Crippen molar-refractivity contribution in [3.8, 4) is 0 Å². The molecule has 0 aromatic carbocycles. The Labute approximate surface area is 121 Å². The minimum absolute atomic E-state index is 0. The number of halogens is 1. The lowest BCUT2D eigenvalue weighted by atomic mass is 10.2. The van der Waals surface area contributed by atoms with E-state index in [1.54, 1.807) is 11.8 Å². The molecule has 1 saturated heterocycles. The normalized spacial score (nSPS) is 18.2. The lowest BCUT2D eigenvalue weighted by molar-refractivity contribution is -0.385. The highest BCUT2D eigenvalue weighted by Crippen LogP contribution is 2.30. The summed E-state index contributed by atoms with van der Waals surface area (Å²) in [5, 5.41) is 10.8. The van der Waals surface area contributed by atoms with E-state index < -0.39 is 4.92 Å². The zero-order valence-electron chi connectivity index (χ0n) is 10.5. The molecule has 106 valence electrons. The van der Waals surface area contributed by atoms with Crippen molar-refractivity contribution in [3.05, 3.63) is 25.9 Å². The first-order chi connectivity index (χ1) is 8.54. The van der Waals surface area contributed by atoms with E-state index in [1.165, 1.54) is 17.4 Å². The van der Waals surface area contributed by atoms with Crippen molar-refractivity contribution in [2.24, 2.45) is 5.73 Å². The van der Waals surface area contributed by atoms with Crippen molar-refractivity contribution in [1.29, 1.82) is 0 Å². The maximum absolute atomic E-state index is 12.3. The number of carbonyl (C=O) groups excluding carboxylic acids is 1. The van der Waals surface area contributed by atoms with Crippen molar-refractivity contribution in [3.63, 3.8) is 0 Å². The number of rotatable bonds is 3. The number of likely N-dealkylation sites (tertiary alicyclic amines) is 1. The standard InChI is InChI=1S/C11H15N3O3S.ClH/c1-7-9(14(16)17)5-10(18-7)11(15)13-4-2-3-8(13)6-12;/h5,8H,2-4,6,12H2,1H3;1H. The highest BCUT2D eigenvalue weighted by Gasteiger charge is 2.30. The van der Waals surface area contributed by atoms with Crippen LogP contribution in [-0.4, -0.2) is 34.9 Å². The Morgan fingerprint density at radius 3 is 2.89 bits per heavy atom. The molecule has 0 aliphatic carbocycles. The Bertz CT molecular complexity index is 492. The number of nitrogens with two attached hydrogens (primary N) is 1. The van der Waals surface area contributed by atoms with Crippen molar-refractivity contribution < 1.29 is 9.72 Å². The molecule has 1 unspecified atom stereocenters. The van der Waals surface area contributed by atoms with Gasteiger partial charge in [-0.2, -0.15) is 0 Å². The van der Waals surface area contributed by atoms with Gasteiger partial charge in [-0.25, -0.2) is 0 Å². The third-order valence-electron chi connectivity index (χ3n) is 3.21. The average molecular weight is 306 g/mol. The molecule has 1 fully saturated rings. The molecule has 2 heterocycles. The number of nitro groups is 1. The predicted octanol–water partition coefficient (Wildman–Crippen LogP) is 1.95.